The zero-order valence-electron chi connectivity index (χ0n) is 14.8. The second-order valence-electron chi connectivity index (χ2n) is 6.15. The number of carbonyl (C=O) groups excluding carboxylic acids is 2. The molecule has 9 heteroatoms. The van der Waals surface area contributed by atoms with E-state index in [1.165, 1.54) is 0 Å². The Labute approximate surface area is 190 Å². The summed E-state index contributed by atoms with van der Waals surface area (Å²) in [4.78, 5) is 24.5. The molecule has 2 N–H and O–H groups in total. The van der Waals surface area contributed by atoms with Gasteiger partial charge >= 0.3 is 0 Å². The first-order valence-corrected chi connectivity index (χ1v) is 11.0. The lowest BCUT2D eigenvalue weighted by Crippen LogP contribution is -2.31. The first-order chi connectivity index (χ1) is 13.9. The molecule has 2 aromatic rings. The van der Waals surface area contributed by atoms with Crippen molar-refractivity contribution < 1.29 is 9.59 Å². The van der Waals surface area contributed by atoms with Gasteiger partial charge in [-0.15, -0.1) is 0 Å². The molecule has 1 aliphatic rings. The molecule has 148 valence electrons. The van der Waals surface area contributed by atoms with Crippen molar-refractivity contribution in [2.24, 2.45) is 0 Å². The Morgan fingerprint density at radius 3 is 2.79 bits per heavy atom. The Bertz CT molecular complexity index is 1050. The molecule has 3 rings (SSSR count). The van der Waals surface area contributed by atoms with Gasteiger partial charge in [-0.3, -0.25) is 9.59 Å². The van der Waals surface area contributed by atoms with Crippen LogP contribution in [0, 0.1) is 11.3 Å². The van der Waals surface area contributed by atoms with Crippen molar-refractivity contribution in [2.75, 3.05) is 11.1 Å². The third-order valence-corrected chi connectivity index (χ3v) is 6.51. The number of rotatable bonds is 5. The molecule has 0 bridgehead atoms. The fourth-order valence-corrected chi connectivity index (χ4v) is 4.51. The highest BCUT2D eigenvalue weighted by Crippen LogP contribution is 2.37. The van der Waals surface area contributed by atoms with E-state index in [0.717, 1.165) is 21.8 Å². The van der Waals surface area contributed by atoms with Gasteiger partial charge in [-0.2, -0.15) is 5.26 Å². The van der Waals surface area contributed by atoms with Gasteiger partial charge < -0.3 is 10.6 Å². The molecular weight excluding hydrogens is 497 g/mol. The van der Waals surface area contributed by atoms with Crippen LogP contribution in [0.3, 0.4) is 0 Å². The van der Waals surface area contributed by atoms with E-state index in [1.807, 2.05) is 24.3 Å². The van der Waals surface area contributed by atoms with E-state index in [2.05, 4.69) is 32.6 Å². The summed E-state index contributed by atoms with van der Waals surface area (Å²) in [5, 5.41) is 16.1. The molecule has 0 saturated carbocycles. The lowest BCUT2D eigenvalue weighted by atomic mass is 9.87. The van der Waals surface area contributed by atoms with Gasteiger partial charge in [0.05, 0.1) is 38.2 Å². The van der Waals surface area contributed by atoms with Crippen LogP contribution in [0.15, 0.2) is 57.5 Å². The van der Waals surface area contributed by atoms with Crippen LogP contribution >= 0.6 is 50.9 Å². The van der Waals surface area contributed by atoms with E-state index in [9.17, 15) is 14.9 Å². The van der Waals surface area contributed by atoms with Crippen LogP contribution in [0.25, 0.3) is 0 Å². The summed E-state index contributed by atoms with van der Waals surface area (Å²) in [6.45, 7) is 0. The van der Waals surface area contributed by atoms with Crippen molar-refractivity contribution in [1.29, 1.82) is 5.26 Å². The van der Waals surface area contributed by atoms with E-state index in [1.54, 1.807) is 18.2 Å². The SMILES string of the molecule is N#CC1=C(SCC(=O)Nc2cccc(Cl)c2Cl)NC(=O)C[C@H]1c1cccc(Br)c1. The average molecular weight is 511 g/mol. The number of thioether (sulfide) groups is 1. The largest absolute Gasteiger partial charge is 0.324 e. The van der Waals surface area contributed by atoms with Gasteiger partial charge in [-0.05, 0) is 29.8 Å². The Kier molecular flexibility index (Phi) is 7.25. The fourth-order valence-electron chi connectivity index (χ4n) is 2.87. The van der Waals surface area contributed by atoms with E-state index in [0.29, 0.717) is 21.3 Å². The summed E-state index contributed by atoms with van der Waals surface area (Å²) in [7, 11) is 0. The molecule has 0 aromatic heterocycles. The first kappa shape index (κ1) is 21.7. The quantitative estimate of drug-likeness (QED) is 0.559. The first-order valence-electron chi connectivity index (χ1n) is 8.45. The molecule has 0 saturated heterocycles. The number of nitrogens with one attached hydrogen (secondary N) is 2. The van der Waals surface area contributed by atoms with Crippen molar-refractivity contribution >= 4 is 68.4 Å². The maximum Gasteiger partial charge on any atom is 0.234 e. The lowest BCUT2D eigenvalue weighted by molar-refractivity contribution is -0.121. The van der Waals surface area contributed by atoms with Crippen molar-refractivity contribution in [1.82, 2.24) is 5.32 Å². The van der Waals surface area contributed by atoms with Gasteiger partial charge in [0.25, 0.3) is 0 Å². The fraction of sp³-hybridized carbons (Fsp3) is 0.150. The van der Waals surface area contributed by atoms with Gasteiger partial charge in [0.15, 0.2) is 0 Å². The number of nitrogens with zero attached hydrogens (tertiary/aromatic N) is 1. The predicted molar refractivity (Wildman–Crippen MR) is 120 cm³/mol. The molecule has 0 unspecified atom stereocenters. The molecule has 5 nitrogen and oxygen atoms in total. The Morgan fingerprint density at radius 1 is 1.31 bits per heavy atom. The Hall–Kier alpha value is -1.98. The van der Waals surface area contributed by atoms with Gasteiger partial charge in [-0.25, -0.2) is 0 Å². The third-order valence-electron chi connectivity index (χ3n) is 4.18. The number of allylic oxidation sites excluding steroid dienone is 1. The second-order valence-corrected chi connectivity index (χ2v) is 8.84. The summed E-state index contributed by atoms with van der Waals surface area (Å²) in [5.74, 6) is -0.897. The van der Waals surface area contributed by atoms with Crippen LogP contribution in [0.2, 0.25) is 10.0 Å². The van der Waals surface area contributed by atoms with Crippen molar-refractivity contribution in [3.05, 3.63) is 73.1 Å². The Morgan fingerprint density at radius 2 is 2.07 bits per heavy atom. The van der Waals surface area contributed by atoms with Crippen molar-refractivity contribution in [3.63, 3.8) is 0 Å². The standard InChI is InChI=1S/C20H14BrCl2N3O2S/c21-12-4-1-3-11(7-12)13-8-17(27)26-20(14(13)9-24)29-10-18(28)25-16-6-2-5-15(22)19(16)23/h1-7,13H,8,10H2,(H,25,28)(H,26,27)/t13-/m0/s1. The molecular formula is C20H14BrCl2N3O2S. The Balaban J connectivity index is 1.77. The summed E-state index contributed by atoms with van der Waals surface area (Å²) in [6, 6.07) is 14.6. The molecule has 29 heavy (non-hydrogen) atoms. The van der Waals surface area contributed by atoms with Gasteiger partial charge in [-0.1, -0.05) is 69.1 Å². The van der Waals surface area contributed by atoms with E-state index >= 15 is 0 Å². The predicted octanol–water partition coefficient (Wildman–Crippen LogP) is 5.47. The molecule has 0 aliphatic carbocycles. The molecule has 1 heterocycles. The number of nitriles is 1. The maximum atomic E-state index is 12.3. The highest BCUT2D eigenvalue weighted by molar-refractivity contribution is 9.10. The number of hydrogen-bond donors (Lipinski definition) is 2. The van der Waals surface area contributed by atoms with Gasteiger partial charge in [0, 0.05) is 16.8 Å². The molecule has 0 fully saturated rings. The molecule has 0 spiro atoms. The van der Waals surface area contributed by atoms with Crippen molar-refractivity contribution in [2.45, 2.75) is 12.3 Å². The van der Waals surface area contributed by atoms with Gasteiger partial charge in [0.2, 0.25) is 11.8 Å². The highest BCUT2D eigenvalue weighted by atomic mass is 79.9. The second kappa shape index (κ2) is 9.68. The smallest absolute Gasteiger partial charge is 0.234 e. The number of hydrogen-bond acceptors (Lipinski definition) is 4. The molecule has 2 amide bonds. The number of amides is 2. The minimum atomic E-state index is -0.362. The van der Waals surface area contributed by atoms with E-state index in [4.69, 9.17) is 23.2 Å². The summed E-state index contributed by atoms with van der Waals surface area (Å²) in [6.07, 6.45) is 0.174. The highest BCUT2D eigenvalue weighted by Gasteiger charge is 2.30. The molecule has 0 radical (unpaired) electrons. The summed E-state index contributed by atoms with van der Waals surface area (Å²) in [5.41, 5.74) is 1.69. The van der Waals surface area contributed by atoms with Crippen LogP contribution in [-0.4, -0.2) is 17.6 Å². The monoisotopic (exact) mass is 509 g/mol. The third kappa shape index (κ3) is 5.34. The van der Waals surface area contributed by atoms with Crippen LogP contribution in [0.1, 0.15) is 17.9 Å². The zero-order chi connectivity index (χ0) is 21.0. The van der Waals surface area contributed by atoms with Crippen LogP contribution in [0.5, 0.6) is 0 Å². The van der Waals surface area contributed by atoms with Gasteiger partial charge in [0.1, 0.15) is 0 Å². The van der Waals surface area contributed by atoms with Crippen LogP contribution in [-0.2, 0) is 9.59 Å². The normalized spacial score (nSPS) is 16.2. The zero-order valence-corrected chi connectivity index (χ0v) is 18.8. The number of benzene rings is 2. The topological polar surface area (TPSA) is 82.0 Å². The molecule has 1 atom stereocenters. The van der Waals surface area contributed by atoms with E-state index in [-0.39, 0.29) is 34.9 Å². The number of anilines is 1. The van der Waals surface area contributed by atoms with Crippen molar-refractivity contribution in [3.8, 4) is 6.07 Å². The summed E-state index contributed by atoms with van der Waals surface area (Å²) < 4.78 is 0.866. The maximum absolute atomic E-state index is 12.3. The summed E-state index contributed by atoms with van der Waals surface area (Å²) >= 11 is 16.6. The average Bonchev–Trinajstić information content (AvgIpc) is 2.69. The molecule has 2 aromatic carbocycles. The number of halogens is 3. The molecule has 1 aliphatic heterocycles. The van der Waals surface area contributed by atoms with Crippen LogP contribution < -0.4 is 10.6 Å². The minimum Gasteiger partial charge on any atom is -0.324 e. The van der Waals surface area contributed by atoms with Crippen LogP contribution in [0.4, 0.5) is 5.69 Å². The number of carbonyl (C=O) groups is 2. The van der Waals surface area contributed by atoms with E-state index < -0.39 is 0 Å². The lowest BCUT2D eigenvalue weighted by Gasteiger charge is -2.25. The minimum absolute atomic E-state index is 0.00512.